The summed E-state index contributed by atoms with van der Waals surface area (Å²) >= 11 is 0. The maximum absolute atomic E-state index is 2.49. The molecular formula is C54H44N2. The molecule has 0 fully saturated rings. The maximum atomic E-state index is 2.49. The molecule has 10 aromatic rings. The summed E-state index contributed by atoms with van der Waals surface area (Å²) in [5, 5.41) is 7.66. The highest BCUT2D eigenvalue weighted by atomic mass is 15.0. The van der Waals surface area contributed by atoms with Gasteiger partial charge in [-0.3, -0.25) is 0 Å². The molecule has 0 atom stereocenters. The number of nitrogens with zero attached hydrogens (tertiary/aromatic N) is 2. The molecule has 270 valence electrons. The number of benzene rings is 8. The van der Waals surface area contributed by atoms with Crippen LogP contribution in [0.2, 0.25) is 0 Å². The second kappa shape index (κ2) is 12.1. The van der Waals surface area contributed by atoms with E-state index in [1.165, 1.54) is 106 Å². The Kier molecular flexibility index (Phi) is 7.11. The molecule has 1 aliphatic carbocycles. The molecular weight excluding hydrogens is 677 g/mol. The molecule has 8 aromatic carbocycles. The summed E-state index contributed by atoms with van der Waals surface area (Å²) in [7, 11) is 0. The van der Waals surface area contributed by atoms with Crippen LogP contribution in [-0.4, -0.2) is 9.13 Å². The van der Waals surface area contributed by atoms with E-state index in [1.807, 2.05) is 0 Å². The molecule has 0 unspecified atom stereocenters. The van der Waals surface area contributed by atoms with Gasteiger partial charge in [-0.2, -0.15) is 0 Å². The topological polar surface area (TPSA) is 9.86 Å². The lowest BCUT2D eigenvalue weighted by Crippen LogP contribution is -2.33. The average Bonchev–Trinajstić information content (AvgIpc) is 3.75. The summed E-state index contributed by atoms with van der Waals surface area (Å²) in [6.45, 7) is 9.66. The van der Waals surface area contributed by atoms with Gasteiger partial charge in [0.25, 0.3) is 0 Å². The van der Waals surface area contributed by atoms with Crippen molar-refractivity contribution in [2.24, 2.45) is 0 Å². The van der Waals surface area contributed by atoms with Gasteiger partial charge in [0.15, 0.2) is 0 Å². The molecule has 0 spiro atoms. The minimum atomic E-state index is 0.138. The molecule has 2 heteroatoms. The van der Waals surface area contributed by atoms with Crippen molar-refractivity contribution in [1.82, 2.24) is 9.13 Å². The fraction of sp³-hybridized carbons (Fsp3) is 0.148. The van der Waals surface area contributed by atoms with Gasteiger partial charge in [-0.25, -0.2) is 0 Å². The molecule has 0 amide bonds. The first-order valence-electron chi connectivity index (χ1n) is 20.1. The Bertz CT molecular complexity index is 3170. The van der Waals surface area contributed by atoms with Crippen LogP contribution < -0.4 is 0 Å². The van der Waals surface area contributed by atoms with E-state index >= 15 is 0 Å². The largest absolute Gasteiger partial charge is 0.309 e. The lowest BCUT2D eigenvalue weighted by molar-refractivity contribution is 0.332. The molecule has 0 aliphatic heterocycles. The minimum absolute atomic E-state index is 0.138. The van der Waals surface area contributed by atoms with Gasteiger partial charge < -0.3 is 9.13 Å². The van der Waals surface area contributed by atoms with Crippen molar-refractivity contribution in [2.75, 3.05) is 0 Å². The molecule has 2 aromatic heterocycles. The van der Waals surface area contributed by atoms with E-state index in [4.69, 9.17) is 0 Å². The molecule has 2 nitrogen and oxygen atoms in total. The van der Waals surface area contributed by atoms with Crippen molar-refractivity contribution in [2.45, 2.75) is 51.4 Å². The van der Waals surface area contributed by atoms with Gasteiger partial charge in [0, 0.05) is 32.9 Å². The Morgan fingerprint density at radius 1 is 0.357 bits per heavy atom. The van der Waals surface area contributed by atoms with Crippen LogP contribution in [0.3, 0.4) is 0 Å². The molecule has 0 saturated heterocycles. The number of rotatable bonds is 4. The quantitative estimate of drug-likeness (QED) is 0.171. The van der Waals surface area contributed by atoms with Gasteiger partial charge in [-0.05, 0) is 122 Å². The number of hydrogen-bond donors (Lipinski definition) is 0. The second-order valence-corrected chi connectivity index (χ2v) is 17.2. The lowest BCUT2D eigenvalue weighted by Gasteiger charge is -2.42. The Labute approximate surface area is 328 Å². The zero-order valence-corrected chi connectivity index (χ0v) is 32.5. The van der Waals surface area contributed by atoms with E-state index in [2.05, 4.69) is 207 Å². The van der Waals surface area contributed by atoms with Gasteiger partial charge in [-0.15, -0.1) is 0 Å². The Balaban J connectivity index is 1.14. The van der Waals surface area contributed by atoms with Crippen LogP contribution in [0.5, 0.6) is 0 Å². The van der Waals surface area contributed by atoms with E-state index in [-0.39, 0.29) is 10.8 Å². The third kappa shape index (κ3) is 4.88. The lowest BCUT2D eigenvalue weighted by atomic mass is 9.63. The average molecular weight is 721 g/mol. The summed E-state index contributed by atoms with van der Waals surface area (Å²) in [5.74, 6) is 0. The maximum Gasteiger partial charge on any atom is 0.0553 e. The number of para-hydroxylation sites is 2. The van der Waals surface area contributed by atoms with Crippen molar-refractivity contribution in [1.29, 1.82) is 0 Å². The van der Waals surface area contributed by atoms with Gasteiger partial charge in [-0.1, -0.05) is 143 Å². The van der Waals surface area contributed by atoms with Gasteiger partial charge in [0.2, 0.25) is 0 Å². The molecule has 0 N–H and O–H groups in total. The second-order valence-electron chi connectivity index (χ2n) is 17.2. The van der Waals surface area contributed by atoms with Crippen LogP contribution in [-0.2, 0) is 10.8 Å². The Hall–Kier alpha value is -6.38. The molecule has 56 heavy (non-hydrogen) atoms. The van der Waals surface area contributed by atoms with Crippen molar-refractivity contribution in [3.05, 3.63) is 181 Å². The zero-order chi connectivity index (χ0) is 37.8. The van der Waals surface area contributed by atoms with Crippen LogP contribution in [0.25, 0.3) is 88.0 Å². The van der Waals surface area contributed by atoms with E-state index in [9.17, 15) is 0 Å². The Morgan fingerprint density at radius 3 is 1.64 bits per heavy atom. The normalized spacial score (nSPS) is 14.9. The highest BCUT2D eigenvalue weighted by Gasteiger charge is 2.37. The van der Waals surface area contributed by atoms with Crippen molar-refractivity contribution < 1.29 is 0 Å². The molecule has 0 radical (unpaired) electrons. The van der Waals surface area contributed by atoms with Crippen molar-refractivity contribution in [3.63, 3.8) is 0 Å². The molecule has 0 saturated carbocycles. The molecule has 2 heterocycles. The van der Waals surface area contributed by atoms with Crippen molar-refractivity contribution in [3.8, 4) is 33.6 Å². The third-order valence-electron chi connectivity index (χ3n) is 13.0. The number of aromatic nitrogens is 2. The SMILES string of the molecule is CC1(C)CCC(C)(C)c2cc(-n3c4ccccc4c4cc(-c5cc6c(c7ccccc57)c5ccccc5n6-c5ccc(-c6ccccc6)cc5)ccc43)ccc21. The molecule has 11 rings (SSSR count). The predicted molar refractivity (Wildman–Crippen MR) is 239 cm³/mol. The third-order valence-corrected chi connectivity index (χ3v) is 13.0. The standard InChI is InChI=1S/C54H44N2/c1-53(2)30-31-54(3,4)47-33-39(27-28-46(47)53)56-48-20-12-10-17-41(48)45-32-37(24-29-50(45)56)44-34-51-52(42-18-9-8-16-40(42)44)43-19-11-13-21-49(43)55(51)38-25-22-36(23-26-38)35-14-6-5-7-15-35/h5-29,32-34H,30-31H2,1-4H3. The highest BCUT2D eigenvalue weighted by Crippen LogP contribution is 2.48. The van der Waals surface area contributed by atoms with Gasteiger partial charge in [0.1, 0.15) is 0 Å². The van der Waals surface area contributed by atoms with Crippen LogP contribution in [0.4, 0.5) is 0 Å². The van der Waals surface area contributed by atoms with Crippen LogP contribution in [0.1, 0.15) is 51.7 Å². The minimum Gasteiger partial charge on any atom is -0.309 e. The fourth-order valence-corrected chi connectivity index (χ4v) is 9.91. The first-order valence-corrected chi connectivity index (χ1v) is 20.1. The van der Waals surface area contributed by atoms with Gasteiger partial charge in [0.05, 0.1) is 22.1 Å². The first kappa shape index (κ1) is 33.0. The van der Waals surface area contributed by atoms with Gasteiger partial charge >= 0.3 is 0 Å². The summed E-state index contributed by atoms with van der Waals surface area (Å²) in [5.41, 5.74) is 15.5. The summed E-state index contributed by atoms with van der Waals surface area (Å²) in [4.78, 5) is 0. The monoisotopic (exact) mass is 720 g/mol. The smallest absolute Gasteiger partial charge is 0.0553 e. The van der Waals surface area contributed by atoms with E-state index in [1.54, 1.807) is 0 Å². The highest BCUT2D eigenvalue weighted by molar-refractivity contribution is 6.24. The van der Waals surface area contributed by atoms with Crippen LogP contribution in [0, 0.1) is 0 Å². The summed E-state index contributed by atoms with van der Waals surface area (Å²) < 4.78 is 4.95. The first-order chi connectivity index (χ1) is 27.3. The molecule has 1 aliphatic rings. The number of hydrogen-bond acceptors (Lipinski definition) is 0. The Morgan fingerprint density at radius 2 is 0.893 bits per heavy atom. The molecule has 0 bridgehead atoms. The van der Waals surface area contributed by atoms with E-state index in [0.717, 1.165) is 5.69 Å². The van der Waals surface area contributed by atoms with E-state index in [0.29, 0.717) is 0 Å². The fourth-order valence-electron chi connectivity index (χ4n) is 9.91. The predicted octanol–water partition coefficient (Wildman–Crippen LogP) is 14.7. The summed E-state index contributed by atoms with van der Waals surface area (Å²) in [6, 6.07) is 63.3. The van der Waals surface area contributed by atoms with Crippen LogP contribution >= 0.6 is 0 Å². The van der Waals surface area contributed by atoms with Crippen molar-refractivity contribution >= 4 is 54.4 Å². The number of fused-ring (bicyclic) bond motifs is 9. The summed E-state index contributed by atoms with van der Waals surface area (Å²) in [6.07, 6.45) is 2.41. The van der Waals surface area contributed by atoms with E-state index < -0.39 is 0 Å². The zero-order valence-electron chi connectivity index (χ0n) is 32.5. The van der Waals surface area contributed by atoms with Crippen LogP contribution in [0.15, 0.2) is 170 Å².